The number of hydrogen-bond acceptors (Lipinski definition) is 2. The van der Waals surface area contributed by atoms with E-state index in [-0.39, 0.29) is 11.9 Å². The van der Waals surface area contributed by atoms with Gasteiger partial charge in [-0.3, -0.25) is 0 Å². The molecule has 0 aliphatic carbocycles. The number of aryl methyl sites for hydroxylation is 1. The van der Waals surface area contributed by atoms with E-state index in [9.17, 15) is 4.39 Å². The Bertz CT molecular complexity index is 615. The second-order valence-electron chi connectivity index (χ2n) is 4.62. The molecular formula is C16H17ClFNO. The molecular weight excluding hydrogens is 277 g/mol. The van der Waals surface area contributed by atoms with Crippen LogP contribution in [0.1, 0.15) is 22.7 Å². The molecule has 0 saturated carbocycles. The molecule has 106 valence electrons. The first-order valence-corrected chi connectivity index (χ1v) is 6.71. The minimum absolute atomic E-state index is 0.182. The zero-order chi connectivity index (χ0) is 14.7. The Labute approximate surface area is 123 Å². The third-order valence-corrected chi connectivity index (χ3v) is 3.56. The van der Waals surface area contributed by atoms with Crippen molar-refractivity contribution in [3.05, 3.63) is 63.9 Å². The van der Waals surface area contributed by atoms with E-state index in [1.165, 1.54) is 6.07 Å². The molecule has 1 N–H and O–H groups in total. The van der Waals surface area contributed by atoms with Crippen LogP contribution in [0.4, 0.5) is 4.39 Å². The van der Waals surface area contributed by atoms with Crippen LogP contribution >= 0.6 is 11.6 Å². The Morgan fingerprint density at radius 3 is 2.55 bits per heavy atom. The summed E-state index contributed by atoms with van der Waals surface area (Å²) >= 11 is 6.06. The fourth-order valence-corrected chi connectivity index (χ4v) is 2.40. The summed E-state index contributed by atoms with van der Waals surface area (Å²) in [6.07, 6.45) is 0. The van der Waals surface area contributed by atoms with Gasteiger partial charge >= 0.3 is 0 Å². The molecule has 2 rings (SSSR count). The van der Waals surface area contributed by atoms with Crippen molar-refractivity contribution in [2.45, 2.75) is 13.0 Å². The van der Waals surface area contributed by atoms with Crippen molar-refractivity contribution in [1.82, 2.24) is 5.32 Å². The summed E-state index contributed by atoms with van der Waals surface area (Å²) in [4.78, 5) is 0. The molecule has 0 bridgehead atoms. The number of rotatable bonds is 4. The maximum atomic E-state index is 13.8. The normalized spacial score (nSPS) is 12.2. The van der Waals surface area contributed by atoms with Crippen LogP contribution < -0.4 is 10.1 Å². The Kier molecular flexibility index (Phi) is 4.63. The predicted octanol–water partition coefficient (Wildman–Crippen LogP) is 4.10. The van der Waals surface area contributed by atoms with E-state index in [4.69, 9.17) is 16.3 Å². The molecule has 0 radical (unpaired) electrons. The summed E-state index contributed by atoms with van der Waals surface area (Å²) < 4.78 is 19.1. The third kappa shape index (κ3) is 2.94. The number of benzene rings is 2. The summed E-state index contributed by atoms with van der Waals surface area (Å²) in [6.45, 7) is 1.74. The van der Waals surface area contributed by atoms with Gasteiger partial charge < -0.3 is 10.1 Å². The van der Waals surface area contributed by atoms with E-state index in [1.807, 2.05) is 25.2 Å². The lowest BCUT2D eigenvalue weighted by molar-refractivity contribution is 0.405. The highest BCUT2D eigenvalue weighted by atomic mass is 35.5. The highest BCUT2D eigenvalue weighted by Gasteiger charge is 2.18. The lowest BCUT2D eigenvalue weighted by Gasteiger charge is -2.20. The molecule has 0 heterocycles. The van der Waals surface area contributed by atoms with Crippen molar-refractivity contribution in [3.63, 3.8) is 0 Å². The Hall–Kier alpha value is -1.58. The highest BCUT2D eigenvalue weighted by molar-refractivity contribution is 6.30. The van der Waals surface area contributed by atoms with Crippen molar-refractivity contribution < 1.29 is 9.13 Å². The molecule has 0 amide bonds. The fourth-order valence-electron chi connectivity index (χ4n) is 2.22. The van der Waals surface area contributed by atoms with Gasteiger partial charge in [-0.05, 0) is 49.4 Å². The van der Waals surface area contributed by atoms with Crippen LogP contribution in [0.2, 0.25) is 5.02 Å². The van der Waals surface area contributed by atoms with Crippen molar-refractivity contribution in [3.8, 4) is 5.75 Å². The molecule has 2 nitrogen and oxygen atoms in total. The molecule has 0 spiro atoms. The monoisotopic (exact) mass is 293 g/mol. The van der Waals surface area contributed by atoms with E-state index in [0.717, 1.165) is 16.9 Å². The van der Waals surface area contributed by atoms with Gasteiger partial charge in [-0.15, -0.1) is 0 Å². The smallest absolute Gasteiger partial charge is 0.126 e. The minimum atomic E-state index is -0.219. The van der Waals surface area contributed by atoms with Crippen molar-refractivity contribution >= 4 is 11.6 Å². The van der Waals surface area contributed by atoms with Crippen LogP contribution in [0.3, 0.4) is 0 Å². The summed E-state index contributed by atoms with van der Waals surface area (Å²) in [5.41, 5.74) is 2.34. The molecule has 4 heteroatoms. The molecule has 0 fully saturated rings. The zero-order valence-electron chi connectivity index (χ0n) is 11.7. The van der Waals surface area contributed by atoms with Crippen LogP contribution in [-0.2, 0) is 0 Å². The molecule has 20 heavy (non-hydrogen) atoms. The fraction of sp³-hybridized carbons (Fsp3) is 0.250. The standard InChI is InChI=1S/C16H17ClFNO/c1-10-4-5-11(8-14(10)18)16(19-2)13-9-12(17)6-7-15(13)20-3/h4-9,16,19H,1-3H3. The Balaban J connectivity index is 2.51. The molecule has 1 atom stereocenters. The number of methoxy groups -OCH3 is 1. The highest BCUT2D eigenvalue weighted by Crippen LogP contribution is 2.32. The second kappa shape index (κ2) is 6.25. The first-order chi connectivity index (χ1) is 9.56. The van der Waals surface area contributed by atoms with Gasteiger partial charge in [0.1, 0.15) is 11.6 Å². The van der Waals surface area contributed by atoms with Gasteiger partial charge in [-0.25, -0.2) is 4.39 Å². The van der Waals surface area contributed by atoms with Crippen molar-refractivity contribution in [2.24, 2.45) is 0 Å². The van der Waals surface area contributed by atoms with Crippen LogP contribution in [-0.4, -0.2) is 14.2 Å². The largest absolute Gasteiger partial charge is 0.496 e. The maximum absolute atomic E-state index is 13.8. The van der Waals surface area contributed by atoms with Gasteiger partial charge in [-0.2, -0.15) is 0 Å². The average molecular weight is 294 g/mol. The maximum Gasteiger partial charge on any atom is 0.126 e. The summed E-state index contributed by atoms with van der Waals surface area (Å²) in [6, 6.07) is 10.4. The minimum Gasteiger partial charge on any atom is -0.496 e. The van der Waals surface area contributed by atoms with Crippen LogP contribution in [0.5, 0.6) is 5.75 Å². The van der Waals surface area contributed by atoms with E-state index >= 15 is 0 Å². The summed E-state index contributed by atoms with van der Waals surface area (Å²) in [7, 11) is 3.43. The zero-order valence-corrected chi connectivity index (χ0v) is 12.5. The third-order valence-electron chi connectivity index (χ3n) is 3.32. The van der Waals surface area contributed by atoms with E-state index in [2.05, 4.69) is 5.32 Å². The Morgan fingerprint density at radius 1 is 1.20 bits per heavy atom. The molecule has 0 aliphatic heterocycles. The molecule has 2 aromatic carbocycles. The van der Waals surface area contributed by atoms with Gasteiger partial charge in [-0.1, -0.05) is 23.7 Å². The topological polar surface area (TPSA) is 21.3 Å². The first kappa shape index (κ1) is 14.8. The number of halogens is 2. The summed E-state index contributed by atoms with van der Waals surface area (Å²) in [5, 5.41) is 3.80. The number of hydrogen-bond donors (Lipinski definition) is 1. The van der Waals surface area contributed by atoms with Crippen LogP contribution in [0.15, 0.2) is 36.4 Å². The van der Waals surface area contributed by atoms with Gasteiger partial charge in [0.05, 0.1) is 13.2 Å². The van der Waals surface area contributed by atoms with Gasteiger partial charge in [0.25, 0.3) is 0 Å². The van der Waals surface area contributed by atoms with E-state index < -0.39 is 0 Å². The Morgan fingerprint density at radius 2 is 1.95 bits per heavy atom. The molecule has 0 aromatic heterocycles. The van der Waals surface area contributed by atoms with Gasteiger partial charge in [0.2, 0.25) is 0 Å². The molecule has 0 aliphatic rings. The van der Waals surface area contributed by atoms with Crippen molar-refractivity contribution in [1.29, 1.82) is 0 Å². The molecule has 0 saturated heterocycles. The average Bonchev–Trinajstić information content (AvgIpc) is 2.44. The van der Waals surface area contributed by atoms with Crippen LogP contribution in [0.25, 0.3) is 0 Å². The SMILES string of the molecule is CNC(c1ccc(C)c(F)c1)c1cc(Cl)ccc1OC. The van der Waals surface area contributed by atoms with Gasteiger partial charge in [0.15, 0.2) is 0 Å². The number of ether oxygens (including phenoxy) is 1. The first-order valence-electron chi connectivity index (χ1n) is 6.33. The van der Waals surface area contributed by atoms with Crippen molar-refractivity contribution in [2.75, 3.05) is 14.2 Å². The van der Waals surface area contributed by atoms with E-state index in [1.54, 1.807) is 26.2 Å². The molecule has 2 aromatic rings. The van der Waals surface area contributed by atoms with Crippen LogP contribution in [0, 0.1) is 12.7 Å². The predicted molar refractivity (Wildman–Crippen MR) is 80.0 cm³/mol. The summed E-state index contributed by atoms with van der Waals surface area (Å²) in [5.74, 6) is 0.499. The van der Waals surface area contributed by atoms with Gasteiger partial charge in [0, 0.05) is 10.6 Å². The lowest BCUT2D eigenvalue weighted by atomic mass is 9.97. The second-order valence-corrected chi connectivity index (χ2v) is 5.05. The number of nitrogens with one attached hydrogen (secondary N) is 1. The molecule has 1 unspecified atom stereocenters. The lowest BCUT2D eigenvalue weighted by Crippen LogP contribution is -2.18. The van der Waals surface area contributed by atoms with E-state index in [0.29, 0.717) is 10.6 Å². The quantitative estimate of drug-likeness (QED) is 0.916.